The Bertz CT molecular complexity index is 388. The van der Waals surface area contributed by atoms with E-state index in [1.54, 1.807) is 7.11 Å². The molecular formula is C15H20BrClO. The molecule has 1 aliphatic carbocycles. The van der Waals surface area contributed by atoms with Gasteiger partial charge in [-0.25, -0.2) is 0 Å². The lowest BCUT2D eigenvalue weighted by molar-refractivity contribution is 0.414. The van der Waals surface area contributed by atoms with E-state index >= 15 is 0 Å². The van der Waals surface area contributed by atoms with Crippen LogP contribution >= 0.6 is 27.5 Å². The van der Waals surface area contributed by atoms with E-state index in [1.807, 2.05) is 12.1 Å². The lowest BCUT2D eigenvalue weighted by atomic mass is 9.97. The molecule has 18 heavy (non-hydrogen) atoms. The Morgan fingerprint density at radius 1 is 1.39 bits per heavy atom. The van der Waals surface area contributed by atoms with Crippen molar-refractivity contribution in [3.05, 3.63) is 28.2 Å². The number of ether oxygens (including phenoxy) is 1. The maximum Gasteiger partial charge on any atom is 0.119 e. The van der Waals surface area contributed by atoms with Gasteiger partial charge in [-0.3, -0.25) is 0 Å². The summed E-state index contributed by atoms with van der Waals surface area (Å²) in [5.74, 6) is 1.65. The van der Waals surface area contributed by atoms with Gasteiger partial charge in [0.15, 0.2) is 0 Å². The number of hydrogen-bond acceptors (Lipinski definition) is 1. The van der Waals surface area contributed by atoms with Gasteiger partial charge in [-0.05, 0) is 55.4 Å². The third-order valence-corrected chi connectivity index (χ3v) is 5.20. The zero-order valence-corrected chi connectivity index (χ0v) is 13.1. The zero-order valence-electron chi connectivity index (χ0n) is 10.8. The number of aryl methyl sites for hydroxylation is 1. The molecule has 0 heterocycles. The number of rotatable bonds is 5. The number of methoxy groups -OCH3 is 1. The van der Waals surface area contributed by atoms with Gasteiger partial charge in [0.25, 0.3) is 0 Å². The van der Waals surface area contributed by atoms with Crippen LogP contribution in [0, 0.1) is 5.92 Å². The summed E-state index contributed by atoms with van der Waals surface area (Å²) in [6, 6.07) is 6.12. The summed E-state index contributed by atoms with van der Waals surface area (Å²) in [6.07, 6.45) is 7.41. The van der Waals surface area contributed by atoms with Crippen molar-refractivity contribution in [2.45, 2.75) is 43.9 Å². The van der Waals surface area contributed by atoms with Crippen molar-refractivity contribution < 1.29 is 4.74 Å². The van der Waals surface area contributed by atoms with Crippen molar-refractivity contribution in [3.63, 3.8) is 0 Å². The number of halogens is 2. The summed E-state index contributed by atoms with van der Waals surface area (Å²) in [5, 5.41) is 0.325. The summed E-state index contributed by atoms with van der Waals surface area (Å²) in [7, 11) is 1.70. The second-order valence-corrected chi connectivity index (χ2v) is 6.47. The SMILES string of the molecule is COc1ccc(Br)c(CCC(Cl)C2CCCC2)c1. The summed E-state index contributed by atoms with van der Waals surface area (Å²) in [6.45, 7) is 0. The van der Waals surface area contributed by atoms with E-state index < -0.39 is 0 Å². The monoisotopic (exact) mass is 330 g/mol. The molecule has 1 aromatic carbocycles. The summed E-state index contributed by atoms with van der Waals surface area (Å²) >= 11 is 10.1. The van der Waals surface area contributed by atoms with E-state index in [4.69, 9.17) is 16.3 Å². The first-order valence-electron chi connectivity index (χ1n) is 6.67. The largest absolute Gasteiger partial charge is 0.497 e. The molecule has 0 saturated heterocycles. The molecule has 2 rings (SSSR count). The molecule has 1 fully saturated rings. The van der Waals surface area contributed by atoms with E-state index in [-0.39, 0.29) is 0 Å². The normalized spacial score (nSPS) is 17.9. The molecule has 0 radical (unpaired) electrons. The number of hydrogen-bond donors (Lipinski definition) is 0. The van der Waals surface area contributed by atoms with Gasteiger partial charge in [0.05, 0.1) is 7.11 Å². The van der Waals surface area contributed by atoms with E-state index in [2.05, 4.69) is 22.0 Å². The van der Waals surface area contributed by atoms with Crippen LogP contribution in [0.4, 0.5) is 0 Å². The molecule has 1 nitrogen and oxygen atoms in total. The highest BCUT2D eigenvalue weighted by Gasteiger charge is 2.23. The van der Waals surface area contributed by atoms with E-state index in [1.165, 1.54) is 31.2 Å². The van der Waals surface area contributed by atoms with Crippen molar-refractivity contribution in [1.82, 2.24) is 0 Å². The Morgan fingerprint density at radius 2 is 2.11 bits per heavy atom. The van der Waals surface area contributed by atoms with Crippen LogP contribution in [-0.4, -0.2) is 12.5 Å². The third kappa shape index (κ3) is 3.64. The first-order chi connectivity index (χ1) is 8.70. The highest BCUT2D eigenvalue weighted by atomic mass is 79.9. The van der Waals surface area contributed by atoms with Crippen LogP contribution in [-0.2, 0) is 6.42 Å². The molecule has 0 aromatic heterocycles. The molecule has 1 saturated carbocycles. The minimum atomic E-state index is 0.325. The second kappa shape index (κ2) is 6.81. The van der Waals surface area contributed by atoms with Crippen LogP contribution in [0.2, 0.25) is 0 Å². The van der Waals surface area contributed by atoms with Crippen LogP contribution < -0.4 is 4.74 Å². The van der Waals surface area contributed by atoms with Gasteiger partial charge in [-0.1, -0.05) is 28.8 Å². The lowest BCUT2D eigenvalue weighted by Gasteiger charge is -2.17. The number of benzene rings is 1. The van der Waals surface area contributed by atoms with E-state index in [9.17, 15) is 0 Å². The maximum atomic E-state index is 6.52. The van der Waals surface area contributed by atoms with E-state index in [0.717, 1.165) is 29.0 Å². The van der Waals surface area contributed by atoms with Crippen LogP contribution in [0.1, 0.15) is 37.7 Å². The summed E-state index contributed by atoms with van der Waals surface area (Å²) < 4.78 is 6.41. The first-order valence-corrected chi connectivity index (χ1v) is 7.90. The molecule has 0 amide bonds. The molecule has 0 aliphatic heterocycles. The van der Waals surface area contributed by atoms with Gasteiger partial charge in [0.2, 0.25) is 0 Å². The molecular weight excluding hydrogens is 312 g/mol. The summed E-state index contributed by atoms with van der Waals surface area (Å²) in [5.41, 5.74) is 1.29. The Balaban J connectivity index is 1.92. The van der Waals surface area contributed by atoms with Gasteiger partial charge >= 0.3 is 0 Å². The van der Waals surface area contributed by atoms with Gasteiger partial charge in [-0.2, -0.15) is 0 Å². The zero-order chi connectivity index (χ0) is 13.0. The van der Waals surface area contributed by atoms with Gasteiger partial charge in [-0.15, -0.1) is 11.6 Å². The average molecular weight is 332 g/mol. The maximum absolute atomic E-state index is 6.52. The van der Waals surface area contributed by atoms with E-state index in [0.29, 0.717) is 5.38 Å². The minimum absolute atomic E-state index is 0.325. The standard InChI is InChI=1S/C15H20BrClO/c1-18-13-7-8-14(16)12(10-13)6-9-15(17)11-4-2-3-5-11/h7-8,10-11,15H,2-6,9H2,1H3. The fraction of sp³-hybridized carbons (Fsp3) is 0.600. The summed E-state index contributed by atoms with van der Waals surface area (Å²) in [4.78, 5) is 0. The molecule has 1 aromatic rings. The predicted molar refractivity (Wildman–Crippen MR) is 80.6 cm³/mol. The highest BCUT2D eigenvalue weighted by Crippen LogP contribution is 2.33. The minimum Gasteiger partial charge on any atom is -0.497 e. The van der Waals surface area contributed by atoms with Crippen molar-refractivity contribution >= 4 is 27.5 Å². The fourth-order valence-electron chi connectivity index (χ4n) is 2.72. The van der Waals surface area contributed by atoms with Gasteiger partial charge in [0.1, 0.15) is 5.75 Å². The Labute approximate surface area is 123 Å². The van der Waals surface area contributed by atoms with Crippen LogP contribution in [0.25, 0.3) is 0 Å². The molecule has 0 bridgehead atoms. The molecule has 0 spiro atoms. The second-order valence-electron chi connectivity index (χ2n) is 5.06. The molecule has 1 atom stereocenters. The Kier molecular flexibility index (Phi) is 5.38. The molecule has 0 N–H and O–H groups in total. The Morgan fingerprint density at radius 3 is 2.78 bits per heavy atom. The lowest BCUT2D eigenvalue weighted by Crippen LogP contribution is -2.12. The topological polar surface area (TPSA) is 9.23 Å². The van der Waals surface area contributed by atoms with Crippen LogP contribution in [0.15, 0.2) is 22.7 Å². The van der Waals surface area contributed by atoms with Crippen LogP contribution in [0.3, 0.4) is 0 Å². The van der Waals surface area contributed by atoms with Crippen molar-refractivity contribution in [3.8, 4) is 5.75 Å². The number of alkyl halides is 1. The smallest absolute Gasteiger partial charge is 0.119 e. The molecule has 100 valence electrons. The van der Waals surface area contributed by atoms with Crippen molar-refractivity contribution in [2.75, 3.05) is 7.11 Å². The Hall–Kier alpha value is -0.210. The van der Waals surface area contributed by atoms with Gasteiger partial charge in [0, 0.05) is 9.85 Å². The quantitative estimate of drug-likeness (QED) is 0.675. The van der Waals surface area contributed by atoms with Crippen LogP contribution in [0.5, 0.6) is 5.75 Å². The highest BCUT2D eigenvalue weighted by molar-refractivity contribution is 9.10. The average Bonchev–Trinajstić information content (AvgIpc) is 2.91. The molecule has 3 heteroatoms. The predicted octanol–water partition coefficient (Wildman–Crippen LogP) is 5.19. The van der Waals surface area contributed by atoms with Crippen molar-refractivity contribution in [1.29, 1.82) is 0 Å². The van der Waals surface area contributed by atoms with Crippen molar-refractivity contribution in [2.24, 2.45) is 5.92 Å². The first kappa shape index (κ1) is 14.2. The molecule has 1 unspecified atom stereocenters. The molecule has 1 aliphatic rings. The third-order valence-electron chi connectivity index (χ3n) is 3.85. The van der Waals surface area contributed by atoms with Gasteiger partial charge < -0.3 is 4.74 Å². The fourth-order valence-corrected chi connectivity index (χ4v) is 3.52.